The van der Waals surface area contributed by atoms with Crippen LogP contribution in [0.1, 0.15) is 16.8 Å². The van der Waals surface area contributed by atoms with Crippen molar-refractivity contribution in [2.75, 3.05) is 0 Å². The first-order valence-corrected chi connectivity index (χ1v) is 6.12. The van der Waals surface area contributed by atoms with Crippen LogP contribution in [0.2, 0.25) is 0 Å². The maximum absolute atomic E-state index is 12.4. The zero-order valence-electron chi connectivity index (χ0n) is 11.0. The number of hydrogen-bond donors (Lipinski definition) is 0. The summed E-state index contributed by atoms with van der Waals surface area (Å²) in [6, 6.07) is 10.2. The third-order valence-electron chi connectivity index (χ3n) is 2.75. The molecule has 0 saturated carbocycles. The average molecular weight is 286 g/mol. The Hall–Kier alpha value is -2.72. The van der Waals surface area contributed by atoms with Gasteiger partial charge in [-0.15, -0.1) is 6.42 Å². The molecule has 2 rings (SSSR count). The Morgan fingerprint density at radius 1 is 1.00 bits per heavy atom. The fraction of sp³-hybridized carbons (Fsp3) is 0.118. The maximum atomic E-state index is 12.4. The first kappa shape index (κ1) is 14.7. The van der Waals surface area contributed by atoms with Crippen LogP contribution in [0.5, 0.6) is 0 Å². The Morgan fingerprint density at radius 3 is 2.33 bits per heavy atom. The minimum atomic E-state index is -4.33. The van der Waals surface area contributed by atoms with Crippen LogP contribution in [0, 0.1) is 24.2 Å². The molecule has 4 heteroatoms. The molecule has 0 aliphatic rings. The van der Waals surface area contributed by atoms with Crippen LogP contribution >= 0.6 is 0 Å². The molecule has 1 nitrogen and oxygen atoms in total. The van der Waals surface area contributed by atoms with Gasteiger partial charge in [0.15, 0.2) is 6.20 Å². The zero-order chi connectivity index (χ0) is 15.3. The van der Waals surface area contributed by atoms with Crippen molar-refractivity contribution in [2.45, 2.75) is 12.7 Å². The monoisotopic (exact) mass is 286 g/mol. The normalized spacial score (nSPS) is 10.4. The van der Waals surface area contributed by atoms with E-state index in [9.17, 15) is 13.2 Å². The Balaban J connectivity index is 2.26. The average Bonchev–Trinajstić information content (AvgIpc) is 2.46. The molecule has 1 heterocycles. The second kappa shape index (κ2) is 6.15. The van der Waals surface area contributed by atoms with Crippen LogP contribution in [0.4, 0.5) is 13.2 Å². The summed E-state index contributed by atoms with van der Waals surface area (Å²) in [5.41, 5.74) is 0.532. The van der Waals surface area contributed by atoms with Crippen molar-refractivity contribution in [3.8, 4) is 24.2 Å². The lowest BCUT2D eigenvalue weighted by molar-refractivity contribution is -0.687. The van der Waals surface area contributed by atoms with Crippen LogP contribution in [0.25, 0.3) is 0 Å². The van der Waals surface area contributed by atoms with Gasteiger partial charge in [-0.3, -0.25) is 0 Å². The van der Waals surface area contributed by atoms with Gasteiger partial charge in [-0.1, -0.05) is 5.92 Å². The molecule has 0 saturated heterocycles. The van der Waals surface area contributed by atoms with Crippen LogP contribution in [0.15, 0.2) is 48.7 Å². The fourth-order valence-electron chi connectivity index (χ4n) is 1.70. The molecule has 0 amide bonds. The van der Waals surface area contributed by atoms with E-state index in [4.69, 9.17) is 6.42 Å². The molecule has 21 heavy (non-hydrogen) atoms. The van der Waals surface area contributed by atoms with Gasteiger partial charge in [0.05, 0.1) is 5.56 Å². The first-order chi connectivity index (χ1) is 10.0. The molecular formula is C17H11F3N+. The molecule has 1 aromatic carbocycles. The van der Waals surface area contributed by atoms with Crippen molar-refractivity contribution in [1.82, 2.24) is 0 Å². The molecule has 0 unspecified atom stereocenters. The quantitative estimate of drug-likeness (QED) is 0.560. The number of halogens is 3. The largest absolute Gasteiger partial charge is 0.416 e. The van der Waals surface area contributed by atoms with Crippen LogP contribution in [-0.2, 0) is 12.7 Å². The van der Waals surface area contributed by atoms with Crippen LogP contribution in [0.3, 0.4) is 0 Å². The van der Waals surface area contributed by atoms with E-state index in [1.807, 2.05) is 12.1 Å². The van der Waals surface area contributed by atoms with E-state index in [1.165, 1.54) is 12.1 Å². The molecule has 0 fully saturated rings. The topological polar surface area (TPSA) is 3.88 Å². The highest BCUT2D eigenvalue weighted by Gasteiger charge is 2.29. The number of benzene rings is 1. The summed E-state index contributed by atoms with van der Waals surface area (Å²) >= 11 is 0. The first-order valence-electron chi connectivity index (χ1n) is 6.12. The van der Waals surface area contributed by atoms with Crippen molar-refractivity contribution < 1.29 is 17.7 Å². The number of terminal acetylenes is 1. The second-order valence-electron chi connectivity index (χ2n) is 4.24. The number of nitrogens with zero attached hydrogens (tertiary/aromatic N) is 1. The van der Waals surface area contributed by atoms with Gasteiger partial charge in [-0.05, 0) is 36.3 Å². The lowest BCUT2D eigenvalue weighted by atomic mass is 10.1. The Labute approximate surface area is 121 Å². The summed E-state index contributed by atoms with van der Waals surface area (Å²) in [6.07, 6.45) is 2.74. The number of rotatable bonds is 1. The van der Waals surface area contributed by atoms with E-state index in [-0.39, 0.29) is 0 Å². The van der Waals surface area contributed by atoms with E-state index in [0.29, 0.717) is 17.8 Å². The Kier molecular flexibility index (Phi) is 4.30. The van der Waals surface area contributed by atoms with Gasteiger partial charge < -0.3 is 0 Å². The summed E-state index contributed by atoms with van der Waals surface area (Å²) in [4.78, 5) is 0. The number of alkyl halides is 3. The summed E-state index contributed by atoms with van der Waals surface area (Å²) in [5.74, 6) is 8.26. The van der Waals surface area contributed by atoms with Crippen molar-refractivity contribution in [3.05, 3.63) is 65.5 Å². The minimum absolute atomic E-state index is 0.387. The van der Waals surface area contributed by atoms with E-state index < -0.39 is 11.7 Å². The summed E-state index contributed by atoms with van der Waals surface area (Å²) in [6.45, 7) is 0.387. The van der Waals surface area contributed by atoms with Gasteiger partial charge in [0, 0.05) is 23.6 Å². The molecule has 0 N–H and O–H groups in total. The lowest BCUT2D eigenvalue weighted by Crippen LogP contribution is -2.36. The molecule has 0 radical (unpaired) electrons. The highest BCUT2D eigenvalue weighted by Crippen LogP contribution is 2.28. The fourth-order valence-corrected chi connectivity index (χ4v) is 1.70. The summed E-state index contributed by atoms with van der Waals surface area (Å²) in [5, 5.41) is 0. The van der Waals surface area contributed by atoms with E-state index in [2.05, 4.69) is 17.8 Å². The Bertz CT molecular complexity index is 726. The van der Waals surface area contributed by atoms with Crippen LogP contribution in [-0.4, -0.2) is 0 Å². The van der Waals surface area contributed by atoms with Crippen molar-refractivity contribution >= 4 is 0 Å². The highest BCUT2D eigenvalue weighted by molar-refractivity contribution is 5.40. The number of aromatic nitrogens is 1. The van der Waals surface area contributed by atoms with E-state index in [0.717, 1.165) is 12.1 Å². The number of pyridine rings is 1. The van der Waals surface area contributed by atoms with Gasteiger partial charge in [0.25, 0.3) is 5.69 Å². The molecule has 0 aliphatic heterocycles. The van der Waals surface area contributed by atoms with Crippen LogP contribution < -0.4 is 4.57 Å². The second-order valence-corrected chi connectivity index (χ2v) is 4.24. The number of hydrogen-bond acceptors (Lipinski definition) is 0. The summed E-state index contributed by atoms with van der Waals surface area (Å²) < 4.78 is 39.1. The molecule has 1 aromatic heterocycles. The standard InChI is InChI=1S/C17H11F3N/c1-2-12-21-13-4-3-5-16(21)11-8-14-6-9-15(10-7-14)17(18,19)20/h1,3-7,9-10,13H,12H2/q+1. The van der Waals surface area contributed by atoms with Gasteiger partial charge in [-0.25, -0.2) is 0 Å². The Morgan fingerprint density at radius 2 is 1.71 bits per heavy atom. The molecule has 0 aliphatic carbocycles. The third kappa shape index (κ3) is 3.87. The van der Waals surface area contributed by atoms with E-state index >= 15 is 0 Å². The van der Waals surface area contributed by atoms with Crippen molar-refractivity contribution in [3.63, 3.8) is 0 Å². The zero-order valence-corrected chi connectivity index (χ0v) is 11.0. The molecule has 0 spiro atoms. The maximum Gasteiger partial charge on any atom is 0.416 e. The van der Waals surface area contributed by atoms with Gasteiger partial charge in [0.1, 0.15) is 0 Å². The van der Waals surface area contributed by atoms with Gasteiger partial charge in [-0.2, -0.15) is 17.7 Å². The van der Waals surface area contributed by atoms with Crippen molar-refractivity contribution in [1.29, 1.82) is 0 Å². The van der Waals surface area contributed by atoms with Gasteiger partial charge in [0.2, 0.25) is 6.54 Å². The van der Waals surface area contributed by atoms with E-state index in [1.54, 1.807) is 16.8 Å². The molecule has 104 valence electrons. The van der Waals surface area contributed by atoms with Gasteiger partial charge >= 0.3 is 6.18 Å². The minimum Gasteiger partial charge on any atom is -0.180 e. The van der Waals surface area contributed by atoms with Crippen molar-refractivity contribution in [2.24, 2.45) is 0 Å². The predicted octanol–water partition coefficient (Wildman–Crippen LogP) is 3.03. The highest BCUT2D eigenvalue weighted by atomic mass is 19.4. The third-order valence-corrected chi connectivity index (χ3v) is 2.75. The lowest BCUT2D eigenvalue weighted by Gasteiger charge is -2.05. The predicted molar refractivity (Wildman–Crippen MR) is 72.9 cm³/mol. The SMILES string of the molecule is C#CC[n+]1ccccc1C#Cc1ccc(C(F)(F)F)cc1. The molecular weight excluding hydrogens is 275 g/mol. The smallest absolute Gasteiger partial charge is 0.180 e. The summed E-state index contributed by atoms with van der Waals surface area (Å²) in [7, 11) is 0. The molecule has 2 aromatic rings. The molecule has 0 bridgehead atoms. The molecule has 0 atom stereocenters.